The van der Waals surface area contributed by atoms with Gasteiger partial charge in [-0.2, -0.15) is 13.2 Å². The molecule has 2 N–H and O–H groups in total. The molecule has 1 heterocycles. The summed E-state index contributed by atoms with van der Waals surface area (Å²) in [7, 11) is 1.34. The van der Waals surface area contributed by atoms with Crippen LogP contribution in [0.1, 0.15) is 34.0 Å². The highest BCUT2D eigenvalue weighted by molar-refractivity contribution is 6.08. The molecule has 1 saturated heterocycles. The van der Waals surface area contributed by atoms with Gasteiger partial charge in [0.15, 0.2) is 0 Å². The van der Waals surface area contributed by atoms with Crippen molar-refractivity contribution in [2.75, 3.05) is 20.2 Å². The highest BCUT2D eigenvalue weighted by Crippen LogP contribution is 2.38. The first-order valence-electron chi connectivity index (χ1n) is 11.9. The number of alkyl halides is 3. The van der Waals surface area contributed by atoms with E-state index in [0.29, 0.717) is 11.3 Å². The van der Waals surface area contributed by atoms with Crippen LogP contribution in [0.3, 0.4) is 0 Å². The zero-order valence-corrected chi connectivity index (χ0v) is 20.5. The van der Waals surface area contributed by atoms with Gasteiger partial charge in [0.2, 0.25) is 5.91 Å². The lowest BCUT2D eigenvalue weighted by molar-refractivity contribution is -0.137. The van der Waals surface area contributed by atoms with Crippen molar-refractivity contribution in [2.45, 2.75) is 24.7 Å². The molecule has 1 aliphatic rings. The highest BCUT2D eigenvalue weighted by Gasteiger charge is 2.40. The van der Waals surface area contributed by atoms with Crippen molar-refractivity contribution in [1.82, 2.24) is 10.2 Å². The summed E-state index contributed by atoms with van der Waals surface area (Å²) in [6.45, 7) is -0.130. The van der Waals surface area contributed by atoms with Gasteiger partial charge in [-0.1, -0.05) is 71.9 Å². The molecule has 1 fully saturated rings. The van der Waals surface area contributed by atoms with Gasteiger partial charge in [-0.25, -0.2) is 0 Å². The molecule has 2 atom stereocenters. The Morgan fingerprint density at radius 3 is 2.34 bits per heavy atom. The molecule has 3 aromatic rings. The van der Waals surface area contributed by atoms with Crippen LogP contribution in [-0.2, 0) is 15.8 Å². The zero-order valence-electron chi connectivity index (χ0n) is 20.5. The van der Waals surface area contributed by atoms with Crippen LogP contribution in [0, 0.1) is 0 Å². The van der Waals surface area contributed by atoms with Gasteiger partial charge >= 0.3 is 6.18 Å². The van der Waals surface area contributed by atoms with Crippen LogP contribution in [0.2, 0.25) is 0 Å². The van der Waals surface area contributed by atoms with Crippen molar-refractivity contribution < 1.29 is 32.7 Å². The Morgan fingerprint density at radius 1 is 1.03 bits per heavy atom. The molecule has 0 saturated carbocycles. The minimum Gasteiger partial charge on any atom is -0.399 e. The number of hydrogen-bond acceptors (Lipinski definition) is 5. The molecule has 38 heavy (non-hydrogen) atoms. The molecule has 4 rings (SSSR count). The number of aliphatic hydroxyl groups excluding tert-OH is 1. The standard InChI is InChI=1S/C28H26F3N3O4/c1-38-33-19-15-24(26(36)32-16-25(35)18-9-3-2-4-10-18)34(17-19)27(37)22-13-6-5-11-20(22)21-12-7-8-14-23(21)28(29,30)31/h2-14,24-25,35H,15-17H2,1H3,(H,32,36)/t24-,25+/m0/s1. The van der Waals surface area contributed by atoms with Gasteiger partial charge < -0.3 is 20.2 Å². The Balaban J connectivity index is 1.62. The van der Waals surface area contributed by atoms with Gasteiger partial charge in [0.05, 0.1) is 23.9 Å². The van der Waals surface area contributed by atoms with Crippen molar-refractivity contribution in [3.63, 3.8) is 0 Å². The smallest absolute Gasteiger partial charge is 0.399 e. The highest BCUT2D eigenvalue weighted by atomic mass is 19.4. The monoisotopic (exact) mass is 525 g/mol. The molecule has 0 aliphatic carbocycles. The predicted molar refractivity (Wildman–Crippen MR) is 135 cm³/mol. The largest absolute Gasteiger partial charge is 0.417 e. The summed E-state index contributed by atoms with van der Waals surface area (Å²) >= 11 is 0. The predicted octanol–water partition coefficient (Wildman–Crippen LogP) is 4.44. The minimum absolute atomic E-state index is 0.0185. The molecule has 2 amide bonds. The van der Waals surface area contributed by atoms with E-state index >= 15 is 0 Å². The summed E-state index contributed by atoms with van der Waals surface area (Å²) in [6.07, 6.45) is -5.51. The maximum Gasteiger partial charge on any atom is 0.417 e. The third-order valence-electron chi connectivity index (χ3n) is 6.28. The molecule has 0 aromatic heterocycles. The van der Waals surface area contributed by atoms with Crippen LogP contribution in [-0.4, -0.2) is 53.8 Å². The van der Waals surface area contributed by atoms with E-state index in [9.17, 15) is 27.9 Å². The average molecular weight is 526 g/mol. The molecular formula is C28H26F3N3O4. The Morgan fingerprint density at radius 2 is 1.66 bits per heavy atom. The molecule has 1 aliphatic heterocycles. The first kappa shape index (κ1) is 26.9. The van der Waals surface area contributed by atoms with E-state index in [2.05, 4.69) is 10.5 Å². The van der Waals surface area contributed by atoms with E-state index in [4.69, 9.17) is 4.84 Å². The number of nitrogens with zero attached hydrogens (tertiary/aromatic N) is 2. The van der Waals surface area contributed by atoms with Gasteiger partial charge in [0, 0.05) is 18.5 Å². The first-order valence-corrected chi connectivity index (χ1v) is 11.9. The Labute approximate surface area is 217 Å². The summed E-state index contributed by atoms with van der Waals surface area (Å²) in [5.41, 5.74) is 0.156. The number of amides is 2. The van der Waals surface area contributed by atoms with Gasteiger partial charge in [-0.3, -0.25) is 9.59 Å². The molecule has 0 radical (unpaired) electrons. The fraction of sp³-hybridized carbons (Fsp3) is 0.250. The molecule has 0 unspecified atom stereocenters. The van der Waals surface area contributed by atoms with Crippen molar-refractivity contribution in [3.05, 3.63) is 95.6 Å². The summed E-state index contributed by atoms with van der Waals surface area (Å²) < 4.78 is 41.2. The number of aliphatic hydroxyl groups is 1. The Bertz CT molecular complexity index is 1330. The van der Waals surface area contributed by atoms with Gasteiger partial charge in [0.25, 0.3) is 5.91 Å². The maximum atomic E-state index is 13.7. The third kappa shape index (κ3) is 5.86. The number of rotatable bonds is 7. The Kier molecular flexibility index (Phi) is 8.11. The number of carbonyl (C=O) groups excluding carboxylic acids is 2. The van der Waals surface area contributed by atoms with Crippen molar-refractivity contribution >= 4 is 17.5 Å². The minimum atomic E-state index is -4.62. The van der Waals surface area contributed by atoms with Gasteiger partial charge in [-0.15, -0.1) is 0 Å². The molecule has 7 nitrogen and oxygen atoms in total. The van der Waals surface area contributed by atoms with E-state index in [-0.39, 0.29) is 36.2 Å². The molecule has 10 heteroatoms. The number of benzene rings is 3. The lowest BCUT2D eigenvalue weighted by Crippen LogP contribution is -2.46. The lowest BCUT2D eigenvalue weighted by atomic mass is 9.94. The summed E-state index contributed by atoms with van der Waals surface area (Å²) in [6, 6.07) is 18.8. The van der Waals surface area contributed by atoms with Crippen LogP contribution in [0.25, 0.3) is 11.1 Å². The van der Waals surface area contributed by atoms with E-state index < -0.39 is 35.7 Å². The van der Waals surface area contributed by atoms with Crippen LogP contribution in [0.15, 0.2) is 84.0 Å². The quantitative estimate of drug-likeness (QED) is 0.447. The first-order chi connectivity index (χ1) is 18.2. The SMILES string of the molecule is CON=C1C[C@@H](C(=O)NC[C@@H](O)c2ccccc2)N(C(=O)c2ccccc2-c2ccccc2C(F)(F)F)C1. The number of halogens is 3. The van der Waals surface area contributed by atoms with E-state index in [0.717, 1.165) is 6.07 Å². The topological polar surface area (TPSA) is 91.2 Å². The summed E-state index contributed by atoms with van der Waals surface area (Å²) in [5, 5.41) is 17.0. The fourth-order valence-electron chi connectivity index (χ4n) is 4.48. The summed E-state index contributed by atoms with van der Waals surface area (Å²) in [5.74, 6) is -1.15. The van der Waals surface area contributed by atoms with E-state index in [1.54, 1.807) is 42.5 Å². The van der Waals surface area contributed by atoms with Crippen LogP contribution in [0.4, 0.5) is 13.2 Å². The summed E-state index contributed by atoms with van der Waals surface area (Å²) in [4.78, 5) is 33.0. The zero-order chi connectivity index (χ0) is 27.3. The third-order valence-corrected chi connectivity index (χ3v) is 6.28. The second kappa shape index (κ2) is 11.5. The van der Waals surface area contributed by atoms with Crippen molar-refractivity contribution in [1.29, 1.82) is 0 Å². The lowest BCUT2D eigenvalue weighted by Gasteiger charge is -2.25. The second-order valence-corrected chi connectivity index (χ2v) is 8.75. The van der Waals surface area contributed by atoms with Crippen molar-refractivity contribution in [2.24, 2.45) is 5.16 Å². The van der Waals surface area contributed by atoms with E-state index in [1.807, 2.05) is 0 Å². The normalized spacial score (nSPS) is 17.3. The van der Waals surface area contributed by atoms with Crippen LogP contribution >= 0.6 is 0 Å². The number of likely N-dealkylation sites (tertiary alicyclic amines) is 1. The molecular weight excluding hydrogens is 499 g/mol. The molecule has 3 aromatic carbocycles. The Hall–Kier alpha value is -4.18. The molecule has 0 spiro atoms. The number of hydrogen-bond donors (Lipinski definition) is 2. The van der Waals surface area contributed by atoms with E-state index in [1.165, 1.54) is 42.3 Å². The average Bonchev–Trinajstić information content (AvgIpc) is 3.35. The van der Waals surface area contributed by atoms with Gasteiger partial charge in [0.1, 0.15) is 13.2 Å². The van der Waals surface area contributed by atoms with Gasteiger partial charge in [-0.05, 0) is 28.8 Å². The number of nitrogens with one attached hydrogen (secondary N) is 1. The van der Waals surface area contributed by atoms with Crippen molar-refractivity contribution in [3.8, 4) is 11.1 Å². The van der Waals surface area contributed by atoms with Crippen LogP contribution < -0.4 is 5.32 Å². The van der Waals surface area contributed by atoms with Crippen LogP contribution in [0.5, 0.6) is 0 Å². The molecule has 0 bridgehead atoms. The fourth-order valence-corrected chi connectivity index (χ4v) is 4.48. The maximum absolute atomic E-state index is 13.7. The molecule has 198 valence electrons. The second-order valence-electron chi connectivity index (χ2n) is 8.75. The number of oxime groups is 1. The number of carbonyl (C=O) groups is 2.